The van der Waals surface area contributed by atoms with Gasteiger partial charge in [-0.2, -0.15) is 26.8 Å². The molecule has 4 atom stereocenters. The zero-order valence-electron chi connectivity index (χ0n) is 17.1. The number of nitrogens with one attached hydrogen (secondary N) is 1. The third kappa shape index (κ3) is 4.97. The lowest BCUT2D eigenvalue weighted by Gasteiger charge is -2.17. The maximum Gasteiger partial charge on any atom is 0.247 e. The molecule has 0 saturated carbocycles. The Bertz CT molecular complexity index is 857. The second-order valence-electron chi connectivity index (χ2n) is 7.74. The van der Waals surface area contributed by atoms with Gasteiger partial charge >= 0.3 is 0 Å². The molecule has 3 heterocycles. The number of aliphatic hydroxyl groups excluding tert-OH is 2. The molecule has 2 aromatic rings. The molecule has 10 nitrogen and oxygen atoms in total. The summed E-state index contributed by atoms with van der Waals surface area (Å²) in [4.78, 5) is 12.8. The number of ether oxygens (including phenoxy) is 1. The van der Waals surface area contributed by atoms with Crippen molar-refractivity contribution in [3.63, 3.8) is 0 Å². The minimum Gasteiger partial charge on any atom is -0.387 e. The molecule has 0 spiro atoms. The minimum atomic E-state index is -1.11. The normalized spacial score (nSPS) is 25.1. The molecule has 29 heavy (non-hydrogen) atoms. The van der Waals surface area contributed by atoms with Crippen LogP contribution in [0.3, 0.4) is 0 Å². The van der Waals surface area contributed by atoms with Crippen molar-refractivity contribution in [3.05, 3.63) is 6.33 Å². The molecule has 3 rings (SSSR count). The monoisotopic (exact) mass is 423 g/mol. The van der Waals surface area contributed by atoms with Crippen molar-refractivity contribution >= 4 is 40.9 Å². The highest BCUT2D eigenvalue weighted by atomic mass is 32.2. The predicted octanol–water partition coefficient (Wildman–Crippen LogP) is 1.61. The summed E-state index contributed by atoms with van der Waals surface area (Å²) >= 11 is 1.66. The summed E-state index contributed by atoms with van der Waals surface area (Å²) in [5.41, 5.74) is 9.58. The van der Waals surface area contributed by atoms with Gasteiger partial charge in [0.25, 0.3) is 0 Å². The number of hydrazone groups is 1. The smallest absolute Gasteiger partial charge is 0.247 e. The van der Waals surface area contributed by atoms with Crippen molar-refractivity contribution in [3.8, 4) is 0 Å². The standard InChI is InChI=1S/C18H29N7O3S/c1-9(2)5-6-21-24-18-22-15(19)12-16(23-18)25(8-20-12)17-14(27)13(26)11(28-17)7-29-10(3)4/h6,8-11,13-14,17,26-27H,5,7H2,1-4H3,(H3,19,22,23,24)/b21-6+/t11-,13+,14?,17-/m1/s1. The van der Waals surface area contributed by atoms with Crippen LogP contribution in [0, 0.1) is 5.92 Å². The molecular formula is C18H29N7O3S. The fourth-order valence-electron chi connectivity index (χ4n) is 2.93. The van der Waals surface area contributed by atoms with E-state index in [2.05, 4.69) is 53.2 Å². The number of anilines is 2. The number of nitrogens with zero attached hydrogens (tertiary/aromatic N) is 5. The average Bonchev–Trinajstić information content (AvgIpc) is 3.19. The van der Waals surface area contributed by atoms with Crippen LogP contribution in [0.5, 0.6) is 0 Å². The zero-order valence-corrected chi connectivity index (χ0v) is 17.9. The first-order chi connectivity index (χ1) is 13.8. The Balaban J connectivity index is 1.83. The molecule has 0 bridgehead atoms. The molecule has 1 unspecified atom stereocenters. The lowest BCUT2D eigenvalue weighted by Crippen LogP contribution is -2.32. The largest absolute Gasteiger partial charge is 0.387 e. The Morgan fingerprint density at radius 1 is 1.31 bits per heavy atom. The summed E-state index contributed by atoms with van der Waals surface area (Å²) in [6, 6.07) is 0. The van der Waals surface area contributed by atoms with Gasteiger partial charge in [0.05, 0.1) is 12.4 Å². The number of hydrogen-bond acceptors (Lipinski definition) is 10. The number of aliphatic hydroxyl groups is 2. The average molecular weight is 424 g/mol. The van der Waals surface area contributed by atoms with E-state index in [4.69, 9.17) is 10.5 Å². The van der Waals surface area contributed by atoms with Crippen LogP contribution in [0.2, 0.25) is 0 Å². The Kier molecular flexibility index (Phi) is 6.93. The summed E-state index contributed by atoms with van der Waals surface area (Å²) in [5.74, 6) is 1.48. The third-order valence-corrected chi connectivity index (χ3v) is 5.67. The van der Waals surface area contributed by atoms with E-state index in [1.54, 1.807) is 22.5 Å². The second-order valence-corrected chi connectivity index (χ2v) is 9.35. The first-order valence-corrected chi connectivity index (χ1v) is 10.7. The van der Waals surface area contributed by atoms with E-state index in [9.17, 15) is 10.2 Å². The van der Waals surface area contributed by atoms with Gasteiger partial charge in [0, 0.05) is 12.0 Å². The van der Waals surface area contributed by atoms with E-state index < -0.39 is 24.5 Å². The van der Waals surface area contributed by atoms with Crippen LogP contribution in [0.25, 0.3) is 11.2 Å². The van der Waals surface area contributed by atoms with Crippen LogP contribution in [0.15, 0.2) is 11.4 Å². The van der Waals surface area contributed by atoms with Crippen LogP contribution < -0.4 is 11.2 Å². The van der Waals surface area contributed by atoms with E-state index in [0.29, 0.717) is 28.1 Å². The van der Waals surface area contributed by atoms with Gasteiger partial charge in [-0.3, -0.25) is 4.57 Å². The Hall–Kier alpha value is -1.95. The van der Waals surface area contributed by atoms with E-state index >= 15 is 0 Å². The number of imidazole rings is 1. The first kappa shape index (κ1) is 21.8. The molecule has 0 radical (unpaired) electrons. The molecule has 1 aliphatic rings. The van der Waals surface area contributed by atoms with Gasteiger partial charge in [0.15, 0.2) is 17.7 Å². The van der Waals surface area contributed by atoms with Gasteiger partial charge < -0.3 is 20.7 Å². The molecule has 11 heteroatoms. The highest BCUT2D eigenvalue weighted by molar-refractivity contribution is 7.99. The number of fused-ring (bicyclic) bond motifs is 1. The topological polar surface area (TPSA) is 144 Å². The number of nitrogens with two attached hydrogens (primary N) is 1. The van der Waals surface area contributed by atoms with Crippen LogP contribution in [-0.2, 0) is 4.74 Å². The van der Waals surface area contributed by atoms with E-state index in [1.165, 1.54) is 6.33 Å². The van der Waals surface area contributed by atoms with Crippen molar-refractivity contribution < 1.29 is 14.9 Å². The van der Waals surface area contributed by atoms with E-state index in [1.807, 2.05) is 0 Å². The van der Waals surface area contributed by atoms with Crippen LogP contribution in [0.1, 0.15) is 40.3 Å². The van der Waals surface area contributed by atoms with Gasteiger partial charge in [-0.15, -0.1) is 0 Å². The van der Waals surface area contributed by atoms with Crippen molar-refractivity contribution in [2.75, 3.05) is 16.9 Å². The summed E-state index contributed by atoms with van der Waals surface area (Å²) in [7, 11) is 0. The van der Waals surface area contributed by atoms with Gasteiger partial charge in [-0.05, 0) is 17.6 Å². The van der Waals surface area contributed by atoms with Gasteiger partial charge in [-0.1, -0.05) is 27.7 Å². The predicted molar refractivity (Wildman–Crippen MR) is 115 cm³/mol. The lowest BCUT2D eigenvalue weighted by molar-refractivity contribution is -0.0289. The summed E-state index contributed by atoms with van der Waals surface area (Å²) in [5, 5.41) is 25.4. The molecule has 5 N–H and O–H groups in total. The highest BCUT2D eigenvalue weighted by Gasteiger charge is 2.44. The second kappa shape index (κ2) is 9.24. The lowest BCUT2D eigenvalue weighted by atomic mass is 10.1. The molecule has 2 aromatic heterocycles. The van der Waals surface area contributed by atoms with Gasteiger partial charge in [0.1, 0.15) is 17.7 Å². The minimum absolute atomic E-state index is 0.190. The SMILES string of the molecule is CC(C)C/C=N/Nc1nc(N)c2ncn([C@@H]3O[C@H](CSC(C)C)[C@H](O)C3O)c2n1. The van der Waals surface area contributed by atoms with E-state index in [0.717, 1.165) is 6.42 Å². The fourth-order valence-corrected chi connectivity index (χ4v) is 3.78. The Morgan fingerprint density at radius 2 is 2.07 bits per heavy atom. The maximum absolute atomic E-state index is 10.5. The molecule has 0 aromatic carbocycles. The maximum atomic E-state index is 10.5. The first-order valence-electron chi connectivity index (χ1n) is 9.68. The summed E-state index contributed by atoms with van der Waals surface area (Å²) in [6.45, 7) is 8.33. The molecular weight excluding hydrogens is 394 g/mol. The number of hydrogen-bond donors (Lipinski definition) is 4. The van der Waals surface area contributed by atoms with Crippen molar-refractivity contribution in [2.24, 2.45) is 11.0 Å². The number of thioether (sulfide) groups is 1. The van der Waals surface area contributed by atoms with Crippen LogP contribution in [0.4, 0.5) is 11.8 Å². The van der Waals surface area contributed by atoms with Crippen molar-refractivity contribution in [1.29, 1.82) is 0 Å². The third-order valence-electron chi connectivity index (χ3n) is 4.49. The van der Waals surface area contributed by atoms with Crippen LogP contribution >= 0.6 is 11.8 Å². The fraction of sp³-hybridized carbons (Fsp3) is 0.667. The Morgan fingerprint density at radius 3 is 2.76 bits per heavy atom. The zero-order chi connectivity index (χ0) is 21.1. The number of aromatic nitrogens is 4. The quantitative estimate of drug-likeness (QED) is 0.368. The summed E-state index contributed by atoms with van der Waals surface area (Å²) < 4.78 is 7.52. The van der Waals surface area contributed by atoms with E-state index in [-0.39, 0.29) is 11.8 Å². The molecule has 0 aliphatic carbocycles. The highest BCUT2D eigenvalue weighted by Crippen LogP contribution is 2.34. The summed E-state index contributed by atoms with van der Waals surface area (Å²) in [6.07, 6.45) is 0.640. The van der Waals surface area contributed by atoms with Gasteiger partial charge in [-0.25, -0.2) is 10.4 Å². The Labute approximate surface area is 174 Å². The molecule has 1 fully saturated rings. The van der Waals surface area contributed by atoms with Crippen molar-refractivity contribution in [1.82, 2.24) is 19.5 Å². The number of rotatable bonds is 8. The van der Waals surface area contributed by atoms with Crippen molar-refractivity contribution in [2.45, 2.75) is 63.9 Å². The molecule has 160 valence electrons. The molecule has 0 amide bonds. The van der Waals surface area contributed by atoms with Crippen LogP contribution in [-0.4, -0.2) is 65.3 Å². The molecule has 1 saturated heterocycles. The molecule has 1 aliphatic heterocycles. The number of nitrogen functional groups attached to an aromatic ring is 1. The van der Waals surface area contributed by atoms with Gasteiger partial charge in [0.2, 0.25) is 5.95 Å².